The number of benzene rings is 1. The van der Waals surface area contributed by atoms with Gasteiger partial charge in [0.1, 0.15) is 24.2 Å². The van der Waals surface area contributed by atoms with Gasteiger partial charge in [0.2, 0.25) is 0 Å². The smallest absolute Gasteiger partial charge is 0.129 e. The number of rotatable bonds is 7. The van der Waals surface area contributed by atoms with Crippen molar-refractivity contribution in [3.8, 4) is 5.75 Å². The summed E-state index contributed by atoms with van der Waals surface area (Å²) in [5, 5.41) is 0. The van der Waals surface area contributed by atoms with Crippen molar-refractivity contribution in [3.63, 3.8) is 0 Å². The van der Waals surface area contributed by atoms with Gasteiger partial charge >= 0.3 is 0 Å². The number of para-hydroxylation sites is 1. The molecule has 0 aliphatic rings. The van der Waals surface area contributed by atoms with Crippen molar-refractivity contribution in [3.05, 3.63) is 53.5 Å². The van der Waals surface area contributed by atoms with Crippen LogP contribution in [0, 0.1) is 6.92 Å². The summed E-state index contributed by atoms with van der Waals surface area (Å²) in [5.41, 5.74) is 4.76. The molecule has 0 saturated carbocycles. The largest absolute Gasteiger partial charge is 0.491 e. The van der Waals surface area contributed by atoms with Gasteiger partial charge < -0.3 is 13.9 Å². The summed E-state index contributed by atoms with van der Waals surface area (Å²) in [6, 6.07) is 9.41. The molecule has 3 N–H and O–H groups in total. The Balaban J connectivity index is 2.28. The van der Waals surface area contributed by atoms with Crippen molar-refractivity contribution in [2.45, 2.75) is 13.0 Å². The summed E-state index contributed by atoms with van der Waals surface area (Å²) < 4.78 is 16.3. The molecule has 1 heterocycles. The minimum atomic E-state index is -0.247. The Morgan fingerprint density at radius 1 is 1.25 bits per heavy atom. The molecule has 0 radical (unpaired) electrons. The van der Waals surface area contributed by atoms with Gasteiger partial charge in [0.25, 0.3) is 0 Å². The minimum Gasteiger partial charge on any atom is -0.491 e. The van der Waals surface area contributed by atoms with Crippen LogP contribution in [0.4, 0.5) is 0 Å². The molecule has 0 amide bonds. The zero-order valence-electron chi connectivity index (χ0n) is 11.8. The van der Waals surface area contributed by atoms with E-state index < -0.39 is 0 Å². The monoisotopic (exact) mass is 276 g/mol. The second-order valence-corrected chi connectivity index (χ2v) is 4.45. The maximum atomic E-state index is 5.74. The first-order chi connectivity index (χ1) is 9.77. The number of nitrogens with two attached hydrogens (primary N) is 1. The zero-order chi connectivity index (χ0) is 14.4. The van der Waals surface area contributed by atoms with Crippen LogP contribution in [0.1, 0.15) is 22.9 Å². The van der Waals surface area contributed by atoms with Gasteiger partial charge in [-0.1, -0.05) is 18.2 Å². The van der Waals surface area contributed by atoms with Crippen molar-refractivity contribution < 1.29 is 13.9 Å². The predicted molar refractivity (Wildman–Crippen MR) is 76.4 cm³/mol. The lowest BCUT2D eigenvalue weighted by Crippen LogP contribution is -2.29. The molecule has 0 saturated heterocycles. The number of hydrogen-bond acceptors (Lipinski definition) is 5. The first-order valence-electron chi connectivity index (χ1n) is 6.48. The number of hydrazine groups is 1. The lowest BCUT2D eigenvalue weighted by Gasteiger charge is -2.19. The van der Waals surface area contributed by atoms with Crippen molar-refractivity contribution in [1.82, 2.24) is 5.43 Å². The Kier molecular flexibility index (Phi) is 5.17. The van der Waals surface area contributed by atoms with Gasteiger partial charge in [0, 0.05) is 12.7 Å². The van der Waals surface area contributed by atoms with Crippen LogP contribution in [0.15, 0.2) is 41.0 Å². The van der Waals surface area contributed by atoms with Crippen LogP contribution in [0.25, 0.3) is 0 Å². The Hall–Kier alpha value is -1.82. The van der Waals surface area contributed by atoms with Crippen molar-refractivity contribution in [1.29, 1.82) is 0 Å². The normalized spacial score (nSPS) is 12.3. The fourth-order valence-corrected chi connectivity index (χ4v) is 2.07. The van der Waals surface area contributed by atoms with E-state index in [0.717, 1.165) is 22.6 Å². The molecule has 20 heavy (non-hydrogen) atoms. The van der Waals surface area contributed by atoms with E-state index in [1.54, 1.807) is 13.4 Å². The third-order valence-electron chi connectivity index (χ3n) is 3.11. The van der Waals surface area contributed by atoms with Crippen LogP contribution in [0.5, 0.6) is 5.75 Å². The predicted octanol–water partition coefficient (Wildman–Crippen LogP) is 2.17. The second kappa shape index (κ2) is 7.09. The molecular weight excluding hydrogens is 256 g/mol. The number of ether oxygens (including phenoxy) is 2. The molecule has 2 aromatic rings. The van der Waals surface area contributed by atoms with E-state index in [-0.39, 0.29) is 6.04 Å². The van der Waals surface area contributed by atoms with E-state index in [0.29, 0.717) is 13.2 Å². The lowest BCUT2D eigenvalue weighted by atomic mass is 10.0. The first-order valence-corrected chi connectivity index (χ1v) is 6.48. The minimum absolute atomic E-state index is 0.247. The van der Waals surface area contributed by atoms with E-state index in [9.17, 15) is 0 Å². The molecule has 0 aliphatic carbocycles. The summed E-state index contributed by atoms with van der Waals surface area (Å²) in [5.74, 6) is 7.25. The lowest BCUT2D eigenvalue weighted by molar-refractivity contribution is 0.145. The summed E-state index contributed by atoms with van der Waals surface area (Å²) in [7, 11) is 1.64. The topological polar surface area (TPSA) is 69.7 Å². The molecule has 1 unspecified atom stereocenters. The standard InChI is InChI=1S/C15H20N2O3/c1-11-7-8-20-15(11)14(17-16)12-5-3-4-6-13(12)19-10-9-18-2/h3-8,14,17H,9-10,16H2,1-2H3. The molecule has 1 aromatic heterocycles. The fraction of sp³-hybridized carbons (Fsp3) is 0.333. The van der Waals surface area contributed by atoms with Gasteiger partial charge in [0.15, 0.2) is 0 Å². The van der Waals surface area contributed by atoms with Crippen LogP contribution in [0.3, 0.4) is 0 Å². The molecule has 2 rings (SSSR count). The number of aryl methyl sites for hydroxylation is 1. The van der Waals surface area contributed by atoms with Crippen LogP contribution < -0.4 is 16.0 Å². The maximum Gasteiger partial charge on any atom is 0.129 e. The molecule has 0 bridgehead atoms. The van der Waals surface area contributed by atoms with E-state index >= 15 is 0 Å². The van der Waals surface area contributed by atoms with Gasteiger partial charge in [-0.15, -0.1) is 0 Å². The average Bonchev–Trinajstić information content (AvgIpc) is 2.88. The van der Waals surface area contributed by atoms with Gasteiger partial charge in [-0.3, -0.25) is 5.84 Å². The summed E-state index contributed by atoms with van der Waals surface area (Å²) in [6.07, 6.45) is 1.66. The molecular formula is C15H20N2O3. The third-order valence-corrected chi connectivity index (χ3v) is 3.11. The molecule has 5 nitrogen and oxygen atoms in total. The SMILES string of the molecule is COCCOc1ccccc1C(NN)c1occc1C. The van der Waals surface area contributed by atoms with Crippen LogP contribution in [-0.2, 0) is 4.74 Å². The number of hydrogen-bond donors (Lipinski definition) is 2. The van der Waals surface area contributed by atoms with E-state index in [1.807, 2.05) is 37.3 Å². The molecule has 0 spiro atoms. The summed E-state index contributed by atoms with van der Waals surface area (Å²) in [6.45, 7) is 3.01. The molecule has 0 fully saturated rings. The highest BCUT2D eigenvalue weighted by Gasteiger charge is 2.21. The summed E-state index contributed by atoms with van der Waals surface area (Å²) >= 11 is 0. The Labute approximate surface area is 118 Å². The van der Waals surface area contributed by atoms with Gasteiger partial charge in [-0.05, 0) is 24.6 Å². The average molecular weight is 276 g/mol. The van der Waals surface area contributed by atoms with Crippen molar-refractivity contribution in [2.75, 3.05) is 20.3 Å². The summed E-state index contributed by atoms with van der Waals surface area (Å²) in [4.78, 5) is 0. The Morgan fingerprint density at radius 2 is 2.05 bits per heavy atom. The van der Waals surface area contributed by atoms with E-state index in [2.05, 4.69) is 5.43 Å². The first kappa shape index (κ1) is 14.6. The molecule has 108 valence electrons. The number of furan rings is 1. The third kappa shape index (κ3) is 3.19. The molecule has 1 aromatic carbocycles. The van der Waals surface area contributed by atoms with Crippen LogP contribution in [-0.4, -0.2) is 20.3 Å². The highest BCUT2D eigenvalue weighted by molar-refractivity contribution is 5.40. The number of methoxy groups -OCH3 is 1. The second-order valence-electron chi connectivity index (χ2n) is 4.45. The Bertz CT molecular complexity index is 539. The fourth-order valence-electron chi connectivity index (χ4n) is 2.07. The zero-order valence-corrected chi connectivity index (χ0v) is 11.8. The van der Waals surface area contributed by atoms with Crippen molar-refractivity contribution in [2.24, 2.45) is 5.84 Å². The Morgan fingerprint density at radius 3 is 2.70 bits per heavy atom. The van der Waals surface area contributed by atoms with Gasteiger partial charge in [-0.2, -0.15) is 0 Å². The van der Waals surface area contributed by atoms with Crippen LogP contribution in [0.2, 0.25) is 0 Å². The van der Waals surface area contributed by atoms with Crippen molar-refractivity contribution >= 4 is 0 Å². The highest BCUT2D eigenvalue weighted by atomic mass is 16.5. The highest BCUT2D eigenvalue weighted by Crippen LogP contribution is 2.31. The maximum absolute atomic E-state index is 5.74. The van der Waals surface area contributed by atoms with E-state index in [4.69, 9.17) is 19.7 Å². The molecule has 1 atom stereocenters. The van der Waals surface area contributed by atoms with Crippen LogP contribution >= 0.6 is 0 Å². The quantitative estimate of drug-likeness (QED) is 0.461. The van der Waals surface area contributed by atoms with E-state index in [1.165, 1.54) is 0 Å². The van der Waals surface area contributed by atoms with Gasteiger partial charge in [0.05, 0.1) is 12.9 Å². The molecule has 0 aliphatic heterocycles. The molecule has 5 heteroatoms. The number of nitrogens with one attached hydrogen (secondary N) is 1. The van der Waals surface area contributed by atoms with Gasteiger partial charge in [-0.25, -0.2) is 5.43 Å².